The van der Waals surface area contributed by atoms with Gasteiger partial charge >= 0.3 is 0 Å². The van der Waals surface area contributed by atoms with Crippen LogP contribution < -0.4 is 5.73 Å². The van der Waals surface area contributed by atoms with Crippen molar-refractivity contribution in [3.63, 3.8) is 0 Å². The minimum Gasteiger partial charge on any atom is -0.398 e. The third-order valence-electron chi connectivity index (χ3n) is 1.48. The molecule has 1 heterocycles. The smallest absolute Gasteiger partial charge is 0.0377 e. The Balaban J connectivity index is 2.71. The van der Waals surface area contributed by atoms with E-state index in [-0.39, 0.29) is 0 Å². The first-order chi connectivity index (χ1) is 5.34. The number of anilines is 1. The van der Waals surface area contributed by atoms with E-state index >= 15 is 0 Å². The van der Waals surface area contributed by atoms with Crippen LogP contribution in [-0.2, 0) is 6.42 Å². The average Bonchev–Trinajstić information content (AvgIpc) is 2.03. The Morgan fingerprint density at radius 3 is 3.09 bits per heavy atom. The standard InChI is InChI=1S/C9H10N2/c1-2-3-4-8-7-11-6-5-9(8)10/h1,5-7H,3-4H2,(H2,10,11). The highest BCUT2D eigenvalue weighted by atomic mass is 14.7. The maximum absolute atomic E-state index is 5.65. The number of rotatable bonds is 2. The molecule has 2 nitrogen and oxygen atoms in total. The van der Waals surface area contributed by atoms with Crippen molar-refractivity contribution in [3.05, 3.63) is 24.0 Å². The fraction of sp³-hybridized carbons (Fsp3) is 0.222. The number of nitrogen functional groups attached to an aromatic ring is 1. The molecule has 0 radical (unpaired) electrons. The molecule has 2 N–H and O–H groups in total. The van der Waals surface area contributed by atoms with Gasteiger partial charge in [0.05, 0.1) is 0 Å². The van der Waals surface area contributed by atoms with Crippen LogP contribution in [0.2, 0.25) is 0 Å². The lowest BCUT2D eigenvalue weighted by atomic mass is 10.1. The van der Waals surface area contributed by atoms with Crippen LogP contribution in [0.5, 0.6) is 0 Å². The molecule has 0 spiro atoms. The first-order valence-corrected chi connectivity index (χ1v) is 3.46. The van der Waals surface area contributed by atoms with Gasteiger partial charge in [0.25, 0.3) is 0 Å². The molecule has 0 aliphatic heterocycles. The van der Waals surface area contributed by atoms with E-state index in [2.05, 4.69) is 10.9 Å². The summed E-state index contributed by atoms with van der Waals surface area (Å²) >= 11 is 0. The fourth-order valence-electron chi connectivity index (χ4n) is 0.854. The van der Waals surface area contributed by atoms with E-state index in [1.807, 2.05) is 0 Å². The topological polar surface area (TPSA) is 38.9 Å². The van der Waals surface area contributed by atoms with E-state index in [1.54, 1.807) is 18.5 Å². The minimum absolute atomic E-state index is 0.718. The minimum atomic E-state index is 0.718. The van der Waals surface area contributed by atoms with Gasteiger partial charge < -0.3 is 5.73 Å². The van der Waals surface area contributed by atoms with Crippen LogP contribution in [0.1, 0.15) is 12.0 Å². The molecule has 1 rings (SSSR count). The first kappa shape index (κ1) is 7.62. The molecule has 0 saturated heterocycles. The van der Waals surface area contributed by atoms with Crippen molar-refractivity contribution in [2.45, 2.75) is 12.8 Å². The lowest BCUT2D eigenvalue weighted by Gasteiger charge is -2.00. The molecule has 11 heavy (non-hydrogen) atoms. The molecule has 0 unspecified atom stereocenters. The van der Waals surface area contributed by atoms with Crippen molar-refractivity contribution in [2.75, 3.05) is 5.73 Å². The summed E-state index contributed by atoms with van der Waals surface area (Å²) in [6, 6.07) is 1.78. The Labute approximate surface area is 66.4 Å². The summed E-state index contributed by atoms with van der Waals surface area (Å²) in [7, 11) is 0. The zero-order valence-corrected chi connectivity index (χ0v) is 6.25. The van der Waals surface area contributed by atoms with Gasteiger partial charge in [0.2, 0.25) is 0 Å². The molecule has 0 bridgehead atoms. The highest BCUT2D eigenvalue weighted by Gasteiger charge is 1.95. The Bertz CT molecular complexity index is 273. The molecule has 0 fully saturated rings. The van der Waals surface area contributed by atoms with Gasteiger partial charge in [0.1, 0.15) is 0 Å². The summed E-state index contributed by atoms with van der Waals surface area (Å²) in [5.41, 5.74) is 7.46. The Kier molecular flexibility index (Phi) is 2.51. The second-order valence-corrected chi connectivity index (χ2v) is 2.28. The summed E-state index contributed by atoms with van der Waals surface area (Å²) < 4.78 is 0. The molecule has 0 aromatic carbocycles. The molecule has 2 heteroatoms. The molecular weight excluding hydrogens is 136 g/mol. The summed E-state index contributed by atoms with van der Waals surface area (Å²) in [4.78, 5) is 3.95. The van der Waals surface area contributed by atoms with E-state index in [4.69, 9.17) is 12.2 Å². The summed E-state index contributed by atoms with van der Waals surface area (Å²) in [6.07, 6.45) is 10.1. The van der Waals surface area contributed by atoms with Crippen molar-refractivity contribution in [3.8, 4) is 12.3 Å². The maximum Gasteiger partial charge on any atom is 0.0377 e. The number of nitrogens with zero attached hydrogens (tertiary/aromatic N) is 1. The van der Waals surface area contributed by atoms with Gasteiger partial charge in [-0.3, -0.25) is 4.98 Å². The van der Waals surface area contributed by atoms with Crippen LogP contribution in [0.4, 0.5) is 5.69 Å². The molecule has 1 aromatic heterocycles. The Morgan fingerprint density at radius 1 is 1.64 bits per heavy atom. The number of hydrogen-bond acceptors (Lipinski definition) is 2. The normalized spacial score (nSPS) is 9.00. The van der Waals surface area contributed by atoms with Crippen LogP contribution >= 0.6 is 0 Å². The molecule has 1 aromatic rings. The summed E-state index contributed by atoms with van der Waals surface area (Å²) in [6.45, 7) is 0. The Morgan fingerprint density at radius 2 is 2.45 bits per heavy atom. The van der Waals surface area contributed by atoms with E-state index in [1.165, 1.54) is 0 Å². The number of pyridine rings is 1. The molecule has 56 valence electrons. The first-order valence-electron chi connectivity index (χ1n) is 3.46. The summed E-state index contributed by atoms with van der Waals surface area (Å²) in [5.74, 6) is 2.56. The molecule has 0 atom stereocenters. The van der Waals surface area contributed by atoms with E-state index in [0.717, 1.165) is 24.1 Å². The highest BCUT2D eigenvalue weighted by molar-refractivity contribution is 5.44. The van der Waals surface area contributed by atoms with Crippen molar-refractivity contribution in [1.82, 2.24) is 4.98 Å². The SMILES string of the molecule is C#CCCc1cnccc1N. The highest BCUT2D eigenvalue weighted by Crippen LogP contribution is 2.09. The number of aromatic nitrogens is 1. The molecule has 0 aliphatic carbocycles. The van der Waals surface area contributed by atoms with Gasteiger partial charge in [-0.25, -0.2) is 0 Å². The maximum atomic E-state index is 5.65. The molecule has 0 aliphatic rings. The van der Waals surface area contributed by atoms with Crippen molar-refractivity contribution < 1.29 is 0 Å². The van der Waals surface area contributed by atoms with Crippen LogP contribution in [0.15, 0.2) is 18.5 Å². The molecular formula is C9H10N2. The van der Waals surface area contributed by atoms with Crippen LogP contribution in [0.25, 0.3) is 0 Å². The lowest BCUT2D eigenvalue weighted by Crippen LogP contribution is -1.94. The van der Waals surface area contributed by atoms with Gasteiger partial charge in [-0.05, 0) is 18.1 Å². The molecule has 0 saturated carbocycles. The van der Waals surface area contributed by atoms with Gasteiger partial charge in [-0.15, -0.1) is 12.3 Å². The largest absolute Gasteiger partial charge is 0.398 e. The van der Waals surface area contributed by atoms with E-state index in [0.29, 0.717) is 0 Å². The third kappa shape index (κ3) is 1.98. The average molecular weight is 146 g/mol. The zero-order chi connectivity index (χ0) is 8.10. The monoisotopic (exact) mass is 146 g/mol. The predicted molar refractivity (Wildman–Crippen MR) is 45.8 cm³/mol. The zero-order valence-electron chi connectivity index (χ0n) is 6.25. The van der Waals surface area contributed by atoms with Crippen molar-refractivity contribution >= 4 is 5.69 Å². The third-order valence-corrected chi connectivity index (χ3v) is 1.48. The summed E-state index contributed by atoms with van der Waals surface area (Å²) in [5, 5.41) is 0. The number of nitrogens with two attached hydrogens (primary N) is 1. The van der Waals surface area contributed by atoms with E-state index < -0.39 is 0 Å². The van der Waals surface area contributed by atoms with Crippen LogP contribution in [0.3, 0.4) is 0 Å². The quantitative estimate of drug-likeness (QED) is 0.637. The van der Waals surface area contributed by atoms with E-state index in [9.17, 15) is 0 Å². The number of hydrogen-bond donors (Lipinski definition) is 1. The van der Waals surface area contributed by atoms with Gasteiger partial charge in [0.15, 0.2) is 0 Å². The molecule has 0 amide bonds. The second-order valence-electron chi connectivity index (χ2n) is 2.28. The number of terminal acetylenes is 1. The lowest BCUT2D eigenvalue weighted by molar-refractivity contribution is 1.02. The van der Waals surface area contributed by atoms with Gasteiger partial charge in [0, 0.05) is 24.5 Å². The second kappa shape index (κ2) is 3.62. The fourth-order valence-corrected chi connectivity index (χ4v) is 0.854. The van der Waals surface area contributed by atoms with Crippen LogP contribution in [-0.4, -0.2) is 4.98 Å². The van der Waals surface area contributed by atoms with Crippen molar-refractivity contribution in [2.24, 2.45) is 0 Å². The Hall–Kier alpha value is -1.49. The van der Waals surface area contributed by atoms with Crippen LogP contribution in [0, 0.1) is 12.3 Å². The van der Waals surface area contributed by atoms with Gasteiger partial charge in [-0.1, -0.05) is 0 Å². The van der Waals surface area contributed by atoms with Crippen molar-refractivity contribution in [1.29, 1.82) is 0 Å². The number of aryl methyl sites for hydroxylation is 1. The predicted octanol–water partition coefficient (Wildman–Crippen LogP) is 1.23. The van der Waals surface area contributed by atoms with Gasteiger partial charge in [-0.2, -0.15) is 0 Å².